The molecule has 1 fully saturated rings. The van der Waals surface area contributed by atoms with Crippen molar-refractivity contribution in [3.05, 3.63) is 27.7 Å². The van der Waals surface area contributed by atoms with Crippen molar-refractivity contribution in [3.8, 4) is 5.75 Å². The van der Waals surface area contributed by atoms with Gasteiger partial charge in [-0.2, -0.15) is 0 Å². The standard InChI is InChI=1S/C14H18Cl2N2O2/c1-20-14-9-12(16)11(15)8-10(14)13(19)2-5-18-6-3-17-4-7-18/h8-9,17H,2-7H2,1H3. The van der Waals surface area contributed by atoms with E-state index in [9.17, 15) is 4.79 Å². The highest BCUT2D eigenvalue weighted by Crippen LogP contribution is 2.31. The average molecular weight is 317 g/mol. The molecule has 0 bridgehead atoms. The van der Waals surface area contributed by atoms with Gasteiger partial charge < -0.3 is 15.0 Å². The van der Waals surface area contributed by atoms with Crippen LogP contribution in [0, 0.1) is 0 Å². The summed E-state index contributed by atoms with van der Waals surface area (Å²) >= 11 is 11.9. The van der Waals surface area contributed by atoms with Gasteiger partial charge in [-0.1, -0.05) is 23.2 Å². The molecule has 1 aromatic rings. The Morgan fingerprint density at radius 2 is 1.95 bits per heavy atom. The first-order valence-electron chi connectivity index (χ1n) is 6.61. The second kappa shape index (κ2) is 7.27. The molecule has 1 saturated heterocycles. The van der Waals surface area contributed by atoms with Gasteiger partial charge in [0.05, 0.1) is 22.7 Å². The molecule has 0 saturated carbocycles. The topological polar surface area (TPSA) is 41.6 Å². The summed E-state index contributed by atoms with van der Waals surface area (Å²) in [4.78, 5) is 14.6. The number of hydrogen-bond donors (Lipinski definition) is 1. The number of piperazine rings is 1. The van der Waals surface area contributed by atoms with Crippen LogP contribution in [0.2, 0.25) is 10.0 Å². The number of Topliss-reactive ketones (excluding diaryl/α,β-unsaturated/α-hetero) is 1. The lowest BCUT2D eigenvalue weighted by Crippen LogP contribution is -2.44. The minimum Gasteiger partial charge on any atom is -0.496 e. The van der Waals surface area contributed by atoms with Crippen LogP contribution in [0.3, 0.4) is 0 Å². The molecule has 6 heteroatoms. The molecular weight excluding hydrogens is 299 g/mol. The van der Waals surface area contributed by atoms with Crippen molar-refractivity contribution in [3.63, 3.8) is 0 Å². The number of nitrogens with zero attached hydrogens (tertiary/aromatic N) is 1. The Kier molecular flexibility index (Phi) is 5.66. The van der Waals surface area contributed by atoms with Crippen LogP contribution in [-0.2, 0) is 0 Å². The SMILES string of the molecule is COc1cc(Cl)c(Cl)cc1C(=O)CCN1CCNCC1. The minimum atomic E-state index is 0.0268. The monoisotopic (exact) mass is 316 g/mol. The van der Waals surface area contributed by atoms with Gasteiger partial charge in [-0.15, -0.1) is 0 Å². The third kappa shape index (κ3) is 3.85. The second-order valence-electron chi connectivity index (χ2n) is 4.73. The first kappa shape index (κ1) is 15.6. The first-order chi connectivity index (χ1) is 9.61. The Labute approximate surface area is 129 Å². The van der Waals surface area contributed by atoms with Gasteiger partial charge in [-0.3, -0.25) is 4.79 Å². The lowest BCUT2D eigenvalue weighted by Gasteiger charge is -2.26. The summed E-state index contributed by atoms with van der Waals surface area (Å²) in [5.41, 5.74) is 0.497. The van der Waals surface area contributed by atoms with Crippen molar-refractivity contribution in [2.45, 2.75) is 6.42 Å². The van der Waals surface area contributed by atoms with Crippen molar-refractivity contribution in [1.29, 1.82) is 0 Å². The van der Waals surface area contributed by atoms with E-state index in [2.05, 4.69) is 10.2 Å². The number of methoxy groups -OCH3 is 1. The van der Waals surface area contributed by atoms with E-state index in [1.807, 2.05) is 0 Å². The number of halogens is 2. The lowest BCUT2D eigenvalue weighted by atomic mass is 10.1. The van der Waals surface area contributed by atoms with E-state index in [1.165, 1.54) is 7.11 Å². The maximum atomic E-state index is 12.3. The van der Waals surface area contributed by atoms with Gasteiger partial charge in [-0.25, -0.2) is 0 Å². The lowest BCUT2D eigenvalue weighted by molar-refractivity contribution is 0.0957. The number of benzene rings is 1. The third-order valence-corrected chi connectivity index (χ3v) is 4.13. The molecule has 0 unspecified atom stereocenters. The molecule has 1 aliphatic heterocycles. The van der Waals surface area contributed by atoms with Crippen molar-refractivity contribution in [1.82, 2.24) is 10.2 Å². The molecule has 2 rings (SSSR count). The summed E-state index contributed by atoms with van der Waals surface area (Å²) in [5.74, 6) is 0.503. The molecule has 0 radical (unpaired) electrons. The normalized spacial score (nSPS) is 16.1. The van der Waals surface area contributed by atoms with E-state index in [0.29, 0.717) is 27.8 Å². The van der Waals surface area contributed by atoms with E-state index >= 15 is 0 Å². The molecule has 1 aromatic carbocycles. The summed E-state index contributed by atoms with van der Waals surface area (Å²) in [6.45, 7) is 4.66. The zero-order valence-corrected chi connectivity index (χ0v) is 12.9. The predicted octanol–water partition coefficient (Wildman–Crippen LogP) is 2.48. The molecule has 1 aliphatic rings. The van der Waals surface area contributed by atoms with Crippen LogP contribution in [0.4, 0.5) is 0 Å². The molecule has 1 heterocycles. The number of rotatable bonds is 5. The molecule has 0 amide bonds. The zero-order valence-electron chi connectivity index (χ0n) is 11.4. The summed E-state index contributed by atoms with van der Waals surface area (Å²) in [5, 5.41) is 4.05. The Morgan fingerprint density at radius 3 is 2.60 bits per heavy atom. The fourth-order valence-electron chi connectivity index (χ4n) is 2.24. The largest absolute Gasteiger partial charge is 0.496 e. The minimum absolute atomic E-state index is 0.0268. The van der Waals surface area contributed by atoms with E-state index in [4.69, 9.17) is 27.9 Å². The number of nitrogens with one attached hydrogen (secondary N) is 1. The van der Waals surface area contributed by atoms with Gasteiger partial charge in [0.25, 0.3) is 0 Å². The molecule has 110 valence electrons. The van der Waals surface area contributed by atoms with Gasteiger partial charge in [-0.05, 0) is 6.07 Å². The summed E-state index contributed by atoms with van der Waals surface area (Å²) in [6, 6.07) is 3.17. The fourth-order valence-corrected chi connectivity index (χ4v) is 2.56. The fraction of sp³-hybridized carbons (Fsp3) is 0.500. The van der Waals surface area contributed by atoms with Crippen LogP contribution in [0.1, 0.15) is 16.8 Å². The summed E-state index contributed by atoms with van der Waals surface area (Å²) in [7, 11) is 1.52. The smallest absolute Gasteiger partial charge is 0.167 e. The Morgan fingerprint density at radius 1 is 1.30 bits per heavy atom. The van der Waals surface area contributed by atoms with Gasteiger partial charge in [0.1, 0.15) is 5.75 Å². The summed E-state index contributed by atoms with van der Waals surface area (Å²) in [6.07, 6.45) is 0.453. The first-order valence-corrected chi connectivity index (χ1v) is 7.36. The van der Waals surface area contributed by atoms with Crippen LogP contribution in [-0.4, -0.2) is 50.5 Å². The third-order valence-electron chi connectivity index (χ3n) is 3.41. The average Bonchev–Trinajstić information content (AvgIpc) is 2.48. The molecule has 20 heavy (non-hydrogen) atoms. The molecular formula is C14H18Cl2N2O2. The number of ether oxygens (including phenoxy) is 1. The highest BCUT2D eigenvalue weighted by atomic mass is 35.5. The highest BCUT2D eigenvalue weighted by molar-refractivity contribution is 6.42. The number of hydrogen-bond acceptors (Lipinski definition) is 4. The van der Waals surface area contributed by atoms with E-state index in [1.54, 1.807) is 12.1 Å². The number of ketones is 1. The quantitative estimate of drug-likeness (QED) is 0.847. The van der Waals surface area contributed by atoms with Crippen LogP contribution in [0.15, 0.2) is 12.1 Å². The summed E-state index contributed by atoms with van der Waals surface area (Å²) < 4.78 is 5.21. The van der Waals surface area contributed by atoms with Gasteiger partial charge >= 0.3 is 0 Å². The Balaban J connectivity index is 2.02. The molecule has 0 atom stereocenters. The van der Waals surface area contributed by atoms with Crippen molar-refractivity contribution in [2.24, 2.45) is 0 Å². The molecule has 1 N–H and O–H groups in total. The molecule has 4 nitrogen and oxygen atoms in total. The second-order valence-corrected chi connectivity index (χ2v) is 5.55. The maximum absolute atomic E-state index is 12.3. The number of carbonyl (C=O) groups is 1. The molecule has 0 aromatic heterocycles. The van der Waals surface area contributed by atoms with Crippen LogP contribution in [0.25, 0.3) is 0 Å². The Bertz CT molecular complexity index is 488. The van der Waals surface area contributed by atoms with Crippen LogP contribution >= 0.6 is 23.2 Å². The van der Waals surface area contributed by atoms with Crippen molar-refractivity contribution >= 4 is 29.0 Å². The van der Waals surface area contributed by atoms with Crippen molar-refractivity contribution in [2.75, 3.05) is 39.8 Å². The predicted molar refractivity (Wildman–Crippen MR) is 81.3 cm³/mol. The van der Waals surface area contributed by atoms with Crippen LogP contribution < -0.4 is 10.1 Å². The van der Waals surface area contributed by atoms with E-state index < -0.39 is 0 Å². The molecule has 0 spiro atoms. The highest BCUT2D eigenvalue weighted by Gasteiger charge is 2.17. The van der Waals surface area contributed by atoms with Gasteiger partial charge in [0.2, 0.25) is 0 Å². The Hall–Kier alpha value is -0.810. The van der Waals surface area contributed by atoms with Gasteiger partial charge in [0.15, 0.2) is 5.78 Å². The maximum Gasteiger partial charge on any atom is 0.167 e. The van der Waals surface area contributed by atoms with E-state index in [0.717, 1.165) is 32.7 Å². The van der Waals surface area contributed by atoms with Crippen LogP contribution in [0.5, 0.6) is 5.75 Å². The van der Waals surface area contributed by atoms with Gasteiger partial charge in [0, 0.05) is 45.2 Å². The number of carbonyl (C=O) groups excluding carboxylic acids is 1. The van der Waals surface area contributed by atoms with E-state index in [-0.39, 0.29) is 5.78 Å². The molecule has 0 aliphatic carbocycles. The zero-order chi connectivity index (χ0) is 14.5. The van der Waals surface area contributed by atoms with Crippen molar-refractivity contribution < 1.29 is 9.53 Å².